The first kappa shape index (κ1) is 11.4. The molecule has 0 bridgehead atoms. The van der Waals surface area contributed by atoms with Crippen molar-refractivity contribution in [3.63, 3.8) is 0 Å². The normalized spacial score (nSPS) is 14.2. The second kappa shape index (κ2) is 5.98. The maximum atomic E-state index is 9.47. The number of rotatable bonds is 4. The summed E-state index contributed by atoms with van der Waals surface area (Å²) in [6, 6.07) is 0. The van der Waals surface area contributed by atoms with Crippen LogP contribution in [0.15, 0.2) is 23.3 Å². The van der Waals surface area contributed by atoms with Crippen molar-refractivity contribution in [1.82, 2.24) is 0 Å². The minimum Gasteiger partial charge on any atom is -0.392 e. The quantitative estimate of drug-likeness (QED) is 0.630. The molecule has 0 radical (unpaired) electrons. The zero-order chi connectivity index (χ0) is 9.56. The molecule has 0 saturated carbocycles. The van der Waals surface area contributed by atoms with Crippen LogP contribution in [-0.2, 0) is 0 Å². The zero-order valence-corrected chi connectivity index (χ0v) is 8.04. The zero-order valence-electron chi connectivity index (χ0n) is 8.04. The van der Waals surface area contributed by atoms with Crippen LogP contribution >= 0.6 is 0 Å². The number of hydrogen-bond acceptors (Lipinski definition) is 2. The van der Waals surface area contributed by atoms with Gasteiger partial charge in [-0.1, -0.05) is 17.7 Å². The highest BCUT2D eigenvalue weighted by atomic mass is 16.3. The molecule has 0 fully saturated rings. The minimum atomic E-state index is -0.452. The van der Waals surface area contributed by atoms with E-state index in [1.807, 2.05) is 26.8 Å². The lowest BCUT2D eigenvalue weighted by atomic mass is 10.1. The van der Waals surface area contributed by atoms with Gasteiger partial charge in [-0.15, -0.1) is 0 Å². The molecule has 70 valence electrons. The Bertz CT molecular complexity index is 176. The Morgan fingerprint density at radius 2 is 1.83 bits per heavy atom. The fourth-order valence-electron chi connectivity index (χ4n) is 0.813. The average Bonchev–Trinajstić information content (AvgIpc) is 2.00. The van der Waals surface area contributed by atoms with Crippen LogP contribution in [0.25, 0.3) is 0 Å². The van der Waals surface area contributed by atoms with Crippen LogP contribution in [0, 0.1) is 0 Å². The van der Waals surface area contributed by atoms with Gasteiger partial charge in [0.25, 0.3) is 0 Å². The van der Waals surface area contributed by atoms with Crippen molar-refractivity contribution in [3.8, 4) is 0 Å². The first-order valence-corrected chi connectivity index (χ1v) is 4.17. The fourth-order valence-corrected chi connectivity index (χ4v) is 0.813. The molecule has 12 heavy (non-hydrogen) atoms. The van der Waals surface area contributed by atoms with E-state index in [1.54, 1.807) is 6.08 Å². The van der Waals surface area contributed by atoms with Crippen LogP contribution in [0.2, 0.25) is 0 Å². The minimum absolute atomic E-state index is 0.00227. The molecule has 0 rings (SSSR count). The number of aliphatic hydroxyl groups excluding tert-OH is 2. The molecule has 0 heterocycles. The number of allylic oxidation sites excluding steroid dienone is 1. The van der Waals surface area contributed by atoms with E-state index in [-0.39, 0.29) is 6.61 Å². The number of aliphatic hydroxyl groups is 2. The van der Waals surface area contributed by atoms with E-state index in [2.05, 4.69) is 0 Å². The first-order chi connectivity index (χ1) is 5.57. The van der Waals surface area contributed by atoms with Crippen molar-refractivity contribution in [3.05, 3.63) is 23.3 Å². The van der Waals surface area contributed by atoms with Crippen molar-refractivity contribution in [1.29, 1.82) is 0 Å². The van der Waals surface area contributed by atoms with E-state index in [4.69, 9.17) is 5.11 Å². The summed E-state index contributed by atoms with van der Waals surface area (Å²) in [5.41, 5.74) is 2.03. The fraction of sp³-hybridized carbons (Fsp3) is 0.600. The summed E-state index contributed by atoms with van der Waals surface area (Å²) in [7, 11) is 0. The molecular weight excluding hydrogens is 152 g/mol. The lowest BCUT2D eigenvalue weighted by molar-refractivity contribution is 0.212. The Kier molecular flexibility index (Phi) is 5.68. The Hall–Kier alpha value is -0.600. The second-order valence-electron chi connectivity index (χ2n) is 3.16. The molecule has 1 atom stereocenters. The van der Waals surface area contributed by atoms with Gasteiger partial charge in [0.1, 0.15) is 0 Å². The van der Waals surface area contributed by atoms with Gasteiger partial charge in [-0.2, -0.15) is 0 Å². The summed E-state index contributed by atoms with van der Waals surface area (Å²) in [4.78, 5) is 0. The Balaban J connectivity index is 3.95. The Morgan fingerprint density at radius 3 is 2.25 bits per heavy atom. The molecule has 0 aromatic heterocycles. The molecule has 0 saturated heterocycles. The summed E-state index contributed by atoms with van der Waals surface area (Å²) in [6.45, 7) is 5.81. The van der Waals surface area contributed by atoms with Gasteiger partial charge in [0.05, 0.1) is 12.7 Å². The maximum Gasteiger partial charge on any atom is 0.0782 e. The van der Waals surface area contributed by atoms with Gasteiger partial charge in [-0.05, 0) is 32.8 Å². The Labute approximate surface area is 74.2 Å². The summed E-state index contributed by atoms with van der Waals surface area (Å²) in [5, 5.41) is 18.0. The van der Waals surface area contributed by atoms with Crippen LogP contribution in [0.1, 0.15) is 27.2 Å². The topological polar surface area (TPSA) is 40.5 Å². The third kappa shape index (κ3) is 5.10. The predicted molar refractivity (Wildman–Crippen MR) is 50.9 cm³/mol. The first-order valence-electron chi connectivity index (χ1n) is 4.17. The van der Waals surface area contributed by atoms with Crippen molar-refractivity contribution in [2.75, 3.05) is 6.61 Å². The van der Waals surface area contributed by atoms with Gasteiger partial charge < -0.3 is 10.2 Å². The molecule has 0 aliphatic rings. The van der Waals surface area contributed by atoms with E-state index < -0.39 is 6.10 Å². The third-order valence-electron chi connectivity index (χ3n) is 1.69. The Morgan fingerprint density at radius 1 is 1.25 bits per heavy atom. The lowest BCUT2D eigenvalue weighted by Gasteiger charge is -2.08. The van der Waals surface area contributed by atoms with Crippen molar-refractivity contribution >= 4 is 0 Å². The van der Waals surface area contributed by atoms with Crippen LogP contribution in [0.4, 0.5) is 0 Å². The van der Waals surface area contributed by atoms with E-state index >= 15 is 0 Å². The standard InChI is InChI=1S/C10H18O2/c1-8(2)4-5-10(12)9(3)6-7-11/h4,6,10-12H,5,7H2,1-3H3/b9-6+/t10-/m0/s1. The predicted octanol–water partition coefficient (Wildman–Crippen LogP) is 1.64. The van der Waals surface area contributed by atoms with Crippen molar-refractivity contribution < 1.29 is 10.2 Å². The largest absolute Gasteiger partial charge is 0.392 e. The van der Waals surface area contributed by atoms with E-state index in [0.717, 1.165) is 5.57 Å². The summed E-state index contributed by atoms with van der Waals surface area (Å²) < 4.78 is 0. The number of hydrogen-bond donors (Lipinski definition) is 2. The summed E-state index contributed by atoms with van der Waals surface area (Å²) >= 11 is 0. The van der Waals surface area contributed by atoms with Crippen LogP contribution in [0.5, 0.6) is 0 Å². The van der Waals surface area contributed by atoms with Gasteiger partial charge in [0, 0.05) is 0 Å². The molecule has 0 aromatic rings. The molecule has 0 spiro atoms. The van der Waals surface area contributed by atoms with Gasteiger partial charge in [-0.3, -0.25) is 0 Å². The summed E-state index contributed by atoms with van der Waals surface area (Å²) in [5.74, 6) is 0. The highest BCUT2D eigenvalue weighted by molar-refractivity contribution is 5.08. The SMILES string of the molecule is CC(C)=CC[C@H](O)/C(C)=C/CO. The molecule has 2 N–H and O–H groups in total. The molecule has 0 aliphatic heterocycles. The molecule has 2 nitrogen and oxygen atoms in total. The maximum absolute atomic E-state index is 9.47. The smallest absolute Gasteiger partial charge is 0.0782 e. The average molecular weight is 170 g/mol. The summed E-state index contributed by atoms with van der Waals surface area (Å²) in [6.07, 6.45) is 3.79. The van der Waals surface area contributed by atoms with E-state index in [9.17, 15) is 5.11 Å². The van der Waals surface area contributed by atoms with Crippen LogP contribution in [-0.4, -0.2) is 22.9 Å². The van der Waals surface area contributed by atoms with Gasteiger partial charge in [0.2, 0.25) is 0 Å². The van der Waals surface area contributed by atoms with Crippen molar-refractivity contribution in [2.45, 2.75) is 33.3 Å². The highest BCUT2D eigenvalue weighted by Gasteiger charge is 2.02. The molecular formula is C10H18O2. The second-order valence-corrected chi connectivity index (χ2v) is 3.16. The van der Waals surface area contributed by atoms with E-state index in [0.29, 0.717) is 6.42 Å². The van der Waals surface area contributed by atoms with Gasteiger partial charge in [-0.25, -0.2) is 0 Å². The molecule has 0 amide bonds. The van der Waals surface area contributed by atoms with Crippen LogP contribution in [0.3, 0.4) is 0 Å². The molecule has 0 aromatic carbocycles. The van der Waals surface area contributed by atoms with E-state index in [1.165, 1.54) is 5.57 Å². The van der Waals surface area contributed by atoms with Crippen LogP contribution < -0.4 is 0 Å². The van der Waals surface area contributed by atoms with Gasteiger partial charge >= 0.3 is 0 Å². The molecule has 0 aliphatic carbocycles. The molecule has 0 unspecified atom stereocenters. The monoisotopic (exact) mass is 170 g/mol. The lowest BCUT2D eigenvalue weighted by Crippen LogP contribution is -2.07. The molecule has 2 heteroatoms. The third-order valence-corrected chi connectivity index (χ3v) is 1.69. The van der Waals surface area contributed by atoms with Crippen molar-refractivity contribution in [2.24, 2.45) is 0 Å². The highest BCUT2D eigenvalue weighted by Crippen LogP contribution is 2.07. The van der Waals surface area contributed by atoms with Gasteiger partial charge in [0.15, 0.2) is 0 Å².